The summed E-state index contributed by atoms with van der Waals surface area (Å²) in [4.78, 5) is 37.5. The molecule has 1 saturated heterocycles. The van der Waals surface area contributed by atoms with E-state index in [0.717, 1.165) is 55.9 Å². The quantitative estimate of drug-likeness (QED) is 0.818. The van der Waals surface area contributed by atoms with E-state index in [1.165, 1.54) is 39.2 Å². The van der Waals surface area contributed by atoms with Crippen molar-refractivity contribution in [2.24, 2.45) is 5.92 Å². The zero-order valence-electron chi connectivity index (χ0n) is 17.6. The second-order valence-electron chi connectivity index (χ2n) is 8.90. The number of ether oxygens (including phenoxy) is 1. The van der Waals surface area contributed by atoms with E-state index < -0.39 is 0 Å². The van der Waals surface area contributed by atoms with Crippen molar-refractivity contribution in [3.63, 3.8) is 0 Å². The SMILES string of the molecule is COCC(=O)N1CCCCC1c1nc2c(c(=O)[nH]1)CN(CC1CCCCC1)CC2. The fourth-order valence-electron chi connectivity index (χ4n) is 5.27. The Balaban J connectivity index is 1.49. The molecule has 7 nitrogen and oxygen atoms in total. The first kappa shape index (κ1) is 20.5. The van der Waals surface area contributed by atoms with Crippen molar-refractivity contribution in [3.05, 3.63) is 27.4 Å². The Labute approximate surface area is 172 Å². The molecule has 29 heavy (non-hydrogen) atoms. The number of hydrogen-bond acceptors (Lipinski definition) is 5. The molecular formula is C22H34N4O3. The van der Waals surface area contributed by atoms with Gasteiger partial charge in [-0.05, 0) is 38.0 Å². The van der Waals surface area contributed by atoms with Crippen molar-refractivity contribution in [1.29, 1.82) is 0 Å². The van der Waals surface area contributed by atoms with Crippen LogP contribution in [0.5, 0.6) is 0 Å². The summed E-state index contributed by atoms with van der Waals surface area (Å²) in [6, 6.07) is -0.148. The molecule has 1 unspecified atom stereocenters. The predicted molar refractivity (Wildman–Crippen MR) is 111 cm³/mol. The van der Waals surface area contributed by atoms with Gasteiger partial charge in [0.1, 0.15) is 12.4 Å². The molecule has 1 atom stereocenters. The third-order valence-corrected chi connectivity index (χ3v) is 6.81. The van der Waals surface area contributed by atoms with E-state index in [-0.39, 0.29) is 24.1 Å². The van der Waals surface area contributed by atoms with Gasteiger partial charge in [-0.1, -0.05) is 19.3 Å². The molecule has 2 aliphatic heterocycles. The first-order chi connectivity index (χ1) is 14.2. The van der Waals surface area contributed by atoms with Crippen LogP contribution in [0.15, 0.2) is 4.79 Å². The minimum absolute atomic E-state index is 0.0249. The number of carbonyl (C=O) groups is 1. The number of fused-ring (bicyclic) bond motifs is 1. The van der Waals surface area contributed by atoms with Crippen molar-refractivity contribution in [1.82, 2.24) is 19.8 Å². The number of hydrogen-bond donors (Lipinski definition) is 1. The number of piperidine rings is 1. The standard InChI is InChI=1S/C22H34N4O3/c1-29-15-20(27)26-11-6-5-9-19(26)21-23-18-10-12-25(14-17(18)22(28)24-21)13-16-7-3-2-4-8-16/h16,19H,2-15H2,1H3,(H,23,24,28). The molecule has 4 rings (SSSR count). The summed E-state index contributed by atoms with van der Waals surface area (Å²) < 4.78 is 5.04. The van der Waals surface area contributed by atoms with Crippen LogP contribution in [0.4, 0.5) is 0 Å². The summed E-state index contributed by atoms with van der Waals surface area (Å²) in [7, 11) is 1.54. The minimum Gasteiger partial charge on any atom is -0.375 e. The van der Waals surface area contributed by atoms with Crippen LogP contribution in [-0.4, -0.2) is 59.0 Å². The van der Waals surface area contributed by atoms with Crippen molar-refractivity contribution < 1.29 is 9.53 Å². The van der Waals surface area contributed by atoms with E-state index in [9.17, 15) is 9.59 Å². The van der Waals surface area contributed by atoms with Gasteiger partial charge in [0.2, 0.25) is 5.91 Å². The van der Waals surface area contributed by atoms with E-state index in [4.69, 9.17) is 9.72 Å². The lowest BCUT2D eigenvalue weighted by Gasteiger charge is -2.36. The maximum absolute atomic E-state index is 12.9. The minimum atomic E-state index is -0.148. The molecule has 1 aromatic heterocycles. The number of nitrogens with zero attached hydrogens (tertiary/aromatic N) is 3. The highest BCUT2D eigenvalue weighted by Crippen LogP contribution is 2.30. The molecule has 1 aliphatic carbocycles. The highest BCUT2D eigenvalue weighted by atomic mass is 16.5. The van der Waals surface area contributed by atoms with Crippen LogP contribution in [0, 0.1) is 5.92 Å². The summed E-state index contributed by atoms with van der Waals surface area (Å²) >= 11 is 0. The van der Waals surface area contributed by atoms with E-state index in [1.54, 1.807) is 0 Å². The molecule has 0 bridgehead atoms. The molecule has 160 valence electrons. The summed E-state index contributed by atoms with van der Waals surface area (Å²) in [6.45, 7) is 3.54. The molecule has 0 radical (unpaired) electrons. The molecule has 0 aromatic carbocycles. The topological polar surface area (TPSA) is 78.5 Å². The van der Waals surface area contributed by atoms with Crippen molar-refractivity contribution in [3.8, 4) is 0 Å². The Morgan fingerprint density at radius 3 is 2.72 bits per heavy atom. The number of amides is 1. The lowest BCUT2D eigenvalue weighted by atomic mass is 9.88. The van der Waals surface area contributed by atoms with Gasteiger partial charge in [-0.2, -0.15) is 0 Å². The zero-order valence-corrected chi connectivity index (χ0v) is 17.6. The molecular weight excluding hydrogens is 368 g/mol. The average Bonchev–Trinajstić information content (AvgIpc) is 2.75. The van der Waals surface area contributed by atoms with Gasteiger partial charge in [0.15, 0.2) is 0 Å². The lowest BCUT2D eigenvalue weighted by molar-refractivity contribution is -0.139. The van der Waals surface area contributed by atoms with E-state index >= 15 is 0 Å². The zero-order chi connectivity index (χ0) is 20.2. The number of likely N-dealkylation sites (tertiary alicyclic amines) is 1. The van der Waals surface area contributed by atoms with Crippen LogP contribution in [0.3, 0.4) is 0 Å². The number of aromatic nitrogens is 2. The monoisotopic (exact) mass is 402 g/mol. The van der Waals surface area contributed by atoms with Gasteiger partial charge in [-0.3, -0.25) is 14.5 Å². The van der Waals surface area contributed by atoms with Gasteiger partial charge in [0, 0.05) is 39.7 Å². The number of aromatic amines is 1. The third-order valence-electron chi connectivity index (χ3n) is 6.81. The first-order valence-electron chi connectivity index (χ1n) is 11.3. The highest BCUT2D eigenvalue weighted by Gasteiger charge is 2.31. The smallest absolute Gasteiger partial charge is 0.255 e. The summed E-state index contributed by atoms with van der Waals surface area (Å²) in [6.07, 6.45) is 10.4. The average molecular weight is 403 g/mol. The maximum atomic E-state index is 12.9. The second kappa shape index (κ2) is 9.39. The van der Waals surface area contributed by atoms with Crippen LogP contribution in [-0.2, 0) is 22.5 Å². The molecule has 0 spiro atoms. The number of rotatable bonds is 5. The van der Waals surface area contributed by atoms with E-state index in [0.29, 0.717) is 18.9 Å². The second-order valence-corrected chi connectivity index (χ2v) is 8.90. The molecule has 1 saturated carbocycles. The Morgan fingerprint density at radius 1 is 1.14 bits per heavy atom. The van der Waals surface area contributed by atoms with Gasteiger partial charge in [-0.25, -0.2) is 4.98 Å². The van der Waals surface area contributed by atoms with Crippen LogP contribution < -0.4 is 5.56 Å². The fraction of sp³-hybridized carbons (Fsp3) is 0.773. The molecule has 3 heterocycles. The lowest BCUT2D eigenvalue weighted by Crippen LogP contribution is -2.43. The summed E-state index contributed by atoms with van der Waals surface area (Å²) in [5.41, 5.74) is 1.72. The van der Waals surface area contributed by atoms with Crippen LogP contribution in [0.2, 0.25) is 0 Å². The molecule has 1 aromatic rings. The van der Waals surface area contributed by atoms with E-state index in [1.807, 2.05) is 4.90 Å². The first-order valence-corrected chi connectivity index (χ1v) is 11.3. The highest BCUT2D eigenvalue weighted by molar-refractivity contribution is 5.78. The van der Waals surface area contributed by atoms with Gasteiger partial charge < -0.3 is 14.6 Å². The van der Waals surface area contributed by atoms with Crippen LogP contribution in [0.25, 0.3) is 0 Å². The molecule has 1 amide bonds. The van der Waals surface area contributed by atoms with E-state index in [2.05, 4.69) is 9.88 Å². The van der Waals surface area contributed by atoms with Gasteiger partial charge in [0.05, 0.1) is 17.3 Å². The Morgan fingerprint density at radius 2 is 1.93 bits per heavy atom. The van der Waals surface area contributed by atoms with Gasteiger partial charge in [-0.15, -0.1) is 0 Å². The van der Waals surface area contributed by atoms with Crippen molar-refractivity contribution in [2.75, 3.05) is 33.4 Å². The molecule has 2 fully saturated rings. The third kappa shape index (κ3) is 4.72. The van der Waals surface area contributed by atoms with Crippen LogP contribution in [0.1, 0.15) is 74.5 Å². The predicted octanol–water partition coefficient (Wildman–Crippen LogP) is 2.41. The molecule has 1 N–H and O–H groups in total. The van der Waals surface area contributed by atoms with Gasteiger partial charge in [0.25, 0.3) is 5.56 Å². The number of carbonyl (C=O) groups excluding carboxylic acids is 1. The molecule has 3 aliphatic rings. The normalized spacial score (nSPS) is 23.8. The summed E-state index contributed by atoms with van der Waals surface area (Å²) in [5, 5.41) is 0. The Hall–Kier alpha value is -1.73. The number of nitrogens with one attached hydrogen (secondary N) is 1. The largest absolute Gasteiger partial charge is 0.375 e. The van der Waals surface area contributed by atoms with Crippen LogP contribution >= 0.6 is 0 Å². The Kier molecular flexibility index (Phi) is 6.65. The number of methoxy groups -OCH3 is 1. The number of H-pyrrole nitrogens is 1. The maximum Gasteiger partial charge on any atom is 0.255 e. The van der Waals surface area contributed by atoms with Gasteiger partial charge >= 0.3 is 0 Å². The van der Waals surface area contributed by atoms with Crippen molar-refractivity contribution in [2.45, 2.75) is 70.4 Å². The molecule has 7 heteroatoms. The fourth-order valence-corrected chi connectivity index (χ4v) is 5.27. The summed E-state index contributed by atoms with van der Waals surface area (Å²) in [5.74, 6) is 1.40. The Bertz CT molecular complexity index is 772. The van der Waals surface area contributed by atoms with Crippen molar-refractivity contribution >= 4 is 5.91 Å².